The molecule has 0 amide bonds. The number of halogens is 1. The highest BCUT2D eigenvalue weighted by Crippen LogP contribution is 2.30. The van der Waals surface area contributed by atoms with E-state index >= 15 is 0 Å². The van der Waals surface area contributed by atoms with Crippen molar-refractivity contribution < 1.29 is 4.74 Å². The summed E-state index contributed by atoms with van der Waals surface area (Å²) in [6, 6.07) is 5.99. The lowest BCUT2D eigenvalue weighted by molar-refractivity contribution is 0.299. The average molecular weight is 240 g/mol. The molecule has 1 fully saturated rings. The van der Waals surface area contributed by atoms with Gasteiger partial charge in [-0.2, -0.15) is 0 Å². The average Bonchev–Trinajstić information content (AvgIpc) is 3.07. The predicted molar refractivity (Wildman–Crippen MR) is 67.3 cm³/mol. The van der Waals surface area contributed by atoms with Crippen molar-refractivity contribution in [3.8, 4) is 5.75 Å². The minimum atomic E-state index is 0.763. The van der Waals surface area contributed by atoms with Crippen molar-refractivity contribution in [2.24, 2.45) is 5.92 Å². The van der Waals surface area contributed by atoms with Crippen LogP contribution in [0.5, 0.6) is 5.75 Å². The molecule has 2 nitrogen and oxygen atoms in total. The van der Waals surface area contributed by atoms with Crippen molar-refractivity contribution in [1.82, 2.24) is 5.32 Å². The monoisotopic (exact) mass is 239 g/mol. The third-order valence-corrected chi connectivity index (χ3v) is 3.00. The lowest BCUT2D eigenvalue weighted by Crippen LogP contribution is -2.10. The van der Waals surface area contributed by atoms with Crippen LogP contribution in [0.4, 0.5) is 0 Å². The van der Waals surface area contributed by atoms with Gasteiger partial charge in [0.25, 0.3) is 0 Å². The number of ether oxygens (including phenoxy) is 1. The second-order valence-electron chi connectivity index (χ2n) is 4.40. The van der Waals surface area contributed by atoms with E-state index in [1.165, 1.54) is 18.4 Å². The first-order valence-corrected chi connectivity index (χ1v) is 6.22. The zero-order valence-corrected chi connectivity index (χ0v) is 10.4. The fourth-order valence-electron chi connectivity index (χ4n) is 1.62. The van der Waals surface area contributed by atoms with Gasteiger partial charge in [-0.15, -0.1) is 0 Å². The topological polar surface area (TPSA) is 21.3 Å². The molecule has 0 saturated heterocycles. The minimum absolute atomic E-state index is 0.763. The normalized spacial score (nSPS) is 15.1. The van der Waals surface area contributed by atoms with Crippen LogP contribution in [0.15, 0.2) is 18.2 Å². The Kier molecular flexibility index (Phi) is 4.08. The maximum Gasteiger partial charge on any atom is 0.121 e. The summed E-state index contributed by atoms with van der Waals surface area (Å²) >= 11 is 6.06. The molecule has 0 atom stereocenters. The summed E-state index contributed by atoms with van der Waals surface area (Å²) < 4.78 is 5.73. The molecule has 0 unspecified atom stereocenters. The van der Waals surface area contributed by atoms with E-state index in [0.717, 1.165) is 36.3 Å². The van der Waals surface area contributed by atoms with Gasteiger partial charge in [0.1, 0.15) is 5.75 Å². The summed E-state index contributed by atoms with van der Waals surface area (Å²) in [5.41, 5.74) is 1.23. The van der Waals surface area contributed by atoms with Gasteiger partial charge in [-0.1, -0.05) is 11.6 Å². The molecule has 0 heterocycles. The molecule has 0 aromatic heterocycles. The molecule has 1 aromatic carbocycles. The lowest BCUT2D eigenvalue weighted by Gasteiger charge is -2.08. The Bertz CT molecular complexity index is 350. The molecule has 88 valence electrons. The SMILES string of the molecule is CNCCc1cc(Cl)cc(OCC2CC2)c1. The maximum atomic E-state index is 6.06. The fourth-order valence-corrected chi connectivity index (χ4v) is 1.86. The number of rotatable bonds is 6. The molecule has 2 rings (SSSR count). The van der Waals surface area contributed by atoms with Crippen molar-refractivity contribution >= 4 is 11.6 Å². The van der Waals surface area contributed by atoms with E-state index in [4.69, 9.17) is 16.3 Å². The molecule has 0 spiro atoms. The number of likely N-dealkylation sites (N-methyl/N-ethyl adjacent to an activating group) is 1. The fraction of sp³-hybridized carbons (Fsp3) is 0.538. The largest absolute Gasteiger partial charge is 0.493 e. The Labute approximate surface area is 102 Å². The highest BCUT2D eigenvalue weighted by atomic mass is 35.5. The van der Waals surface area contributed by atoms with Gasteiger partial charge in [0.05, 0.1) is 6.61 Å². The van der Waals surface area contributed by atoms with Gasteiger partial charge in [-0.25, -0.2) is 0 Å². The van der Waals surface area contributed by atoms with Crippen molar-refractivity contribution in [2.75, 3.05) is 20.2 Å². The Balaban J connectivity index is 1.96. The molecule has 16 heavy (non-hydrogen) atoms. The van der Waals surface area contributed by atoms with Crippen LogP contribution in [0, 0.1) is 5.92 Å². The minimum Gasteiger partial charge on any atom is -0.493 e. The zero-order valence-electron chi connectivity index (χ0n) is 9.63. The van der Waals surface area contributed by atoms with Crippen molar-refractivity contribution in [3.05, 3.63) is 28.8 Å². The van der Waals surface area contributed by atoms with Crippen LogP contribution in [0.2, 0.25) is 5.02 Å². The van der Waals surface area contributed by atoms with Gasteiger partial charge in [0, 0.05) is 5.02 Å². The van der Waals surface area contributed by atoms with Crippen LogP contribution >= 0.6 is 11.6 Å². The van der Waals surface area contributed by atoms with E-state index in [1.54, 1.807) is 0 Å². The molecule has 0 aliphatic heterocycles. The van der Waals surface area contributed by atoms with Crippen LogP contribution in [-0.2, 0) is 6.42 Å². The second kappa shape index (κ2) is 5.55. The lowest BCUT2D eigenvalue weighted by atomic mass is 10.1. The molecule has 3 heteroatoms. The molecule has 1 saturated carbocycles. The first-order chi connectivity index (χ1) is 7.78. The summed E-state index contributed by atoms with van der Waals surface area (Å²) in [6.45, 7) is 1.80. The van der Waals surface area contributed by atoms with E-state index in [0.29, 0.717) is 0 Å². The Morgan fingerprint density at radius 3 is 2.88 bits per heavy atom. The standard InChI is InChI=1S/C13H18ClNO/c1-15-5-4-11-6-12(14)8-13(7-11)16-9-10-2-3-10/h6-8,10,15H,2-5,9H2,1H3. The van der Waals surface area contributed by atoms with E-state index < -0.39 is 0 Å². The number of hydrogen-bond acceptors (Lipinski definition) is 2. The number of benzene rings is 1. The van der Waals surface area contributed by atoms with Crippen LogP contribution in [0.3, 0.4) is 0 Å². The molecule has 1 aromatic rings. The summed E-state index contributed by atoms with van der Waals surface area (Å²) in [4.78, 5) is 0. The maximum absolute atomic E-state index is 6.06. The van der Waals surface area contributed by atoms with Crippen LogP contribution in [0.1, 0.15) is 18.4 Å². The smallest absolute Gasteiger partial charge is 0.121 e. The molecule has 0 bridgehead atoms. The van der Waals surface area contributed by atoms with Crippen molar-refractivity contribution in [3.63, 3.8) is 0 Å². The van der Waals surface area contributed by atoms with Crippen molar-refractivity contribution in [1.29, 1.82) is 0 Å². The summed E-state index contributed by atoms with van der Waals surface area (Å²) in [7, 11) is 1.95. The van der Waals surface area contributed by atoms with Gasteiger partial charge in [-0.05, 0) is 62.5 Å². The first-order valence-electron chi connectivity index (χ1n) is 5.85. The van der Waals surface area contributed by atoms with E-state index in [-0.39, 0.29) is 0 Å². The predicted octanol–water partition coefficient (Wildman–Crippen LogP) is 2.89. The summed E-state index contributed by atoms with van der Waals surface area (Å²) in [6.07, 6.45) is 3.61. The quantitative estimate of drug-likeness (QED) is 0.824. The van der Waals surface area contributed by atoms with Gasteiger partial charge < -0.3 is 10.1 Å². The second-order valence-corrected chi connectivity index (χ2v) is 4.84. The van der Waals surface area contributed by atoms with Gasteiger partial charge in [0.15, 0.2) is 0 Å². The highest BCUT2D eigenvalue weighted by Gasteiger charge is 2.21. The third-order valence-electron chi connectivity index (χ3n) is 2.78. The Morgan fingerprint density at radius 1 is 1.38 bits per heavy atom. The number of nitrogens with one attached hydrogen (secondary N) is 1. The molecule has 1 aliphatic rings. The van der Waals surface area contributed by atoms with Crippen LogP contribution in [0.25, 0.3) is 0 Å². The molecule has 1 N–H and O–H groups in total. The zero-order chi connectivity index (χ0) is 11.4. The molecular weight excluding hydrogens is 222 g/mol. The van der Waals surface area contributed by atoms with Crippen LogP contribution < -0.4 is 10.1 Å². The first kappa shape index (κ1) is 11.7. The molecular formula is C13H18ClNO. The summed E-state index contributed by atoms with van der Waals surface area (Å²) in [5, 5.41) is 3.89. The van der Waals surface area contributed by atoms with Gasteiger partial charge >= 0.3 is 0 Å². The van der Waals surface area contributed by atoms with Crippen LogP contribution in [-0.4, -0.2) is 20.2 Å². The van der Waals surface area contributed by atoms with Crippen molar-refractivity contribution in [2.45, 2.75) is 19.3 Å². The molecule has 1 aliphatic carbocycles. The third kappa shape index (κ3) is 3.69. The Morgan fingerprint density at radius 2 is 2.19 bits per heavy atom. The molecule has 0 radical (unpaired) electrons. The van der Waals surface area contributed by atoms with Gasteiger partial charge in [-0.3, -0.25) is 0 Å². The summed E-state index contributed by atoms with van der Waals surface area (Å²) in [5.74, 6) is 1.69. The number of hydrogen-bond donors (Lipinski definition) is 1. The Hall–Kier alpha value is -0.730. The van der Waals surface area contributed by atoms with E-state index in [1.807, 2.05) is 19.2 Å². The van der Waals surface area contributed by atoms with Gasteiger partial charge in [0.2, 0.25) is 0 Å². The highest BCUT2D eigenvalue weighted by molar-refractivity contribution is 6.30. The van der Waals surface area contributed by atoms with E-state index in [9.17, 15) is 0 Å². The van der Waals surface area contributed by atoms with E-state index in [2.05, 4.69) is 11.4 Å².